The van der Waals surface area contributed by atoms with Crippen molar-refractivity contribution >= 4 is 0 Å². The monoisotopic (exact) mass is 551 g/mol. The van der Waals surface area contributed by atoms with Gasteiger partial charge in [0.15, 0.2) is 0 Å². The van der Waals surface area contributed by atoms with Crippen molar-refractivity contribution < 1.29 is 9.47 Å². The van der Waals surface area contributed by atoms with Crippen molar-refractivity contribution in [1.82, 2.24) is 14.8 Å². The van der Waals surface area contributed by atoms with Crippen LogP contribution in [0.1, 0.15) is 42.0 Å². The van der Waals surface area contributed by atoms with Crippen LogP contribution >= 0.6 is 0 Å². The lowest BCUT2D eigenvalue weighted by Gasteiger charge is -2.25. The van der Waals surface area contributed by atoms with E-state index in [2.05, 4.69) is 119 Å². The van der Waals surface area contributed by atoms with Crippen LogP contribution in [0.5, 0.6) is 5.88 Å². The lowest BCUT2D eigenvalue weighted by molar-refractivity contribution is 0.0858. The Balaban J connectivity index is 1.21. The molecule has 0 amide bonds. The van der Waals surface area contributed by atoms with Gasteiger partial charge in [-0.2, -0.15) is 0 Å². The highest BCUT2D eigenvalue weighted by Gasteiger charge is 2.12. The van der Waals surface area contributed by atoms with Gasteiger partial charge in [-0.3, -0.25) is 9.80 Å². The number of benzene rings is 3. The van der Waals surface area contributed by atoms with Gasteiger partial charge in [0.05, 0.1) is 7.11 Å². The van der Waals surface area contributed by atoms with E-state index in [1.165, 1.54) is 22.3 Å². The molecular weight excluding hydrogens is 506 g/mol. The van der Waals surface area contributed by atoms with Crippen LogP contribution < -0.4 is 4.74 Å². The van der Waals surface area contributed by atoms with Crippen LogP contribution in [-0.4, -0.2) is 48.2 Å². The van der Waals surface area contributed by atoms with Gasteiger partial charge in [-0.25, -0.2) is 4.98 Å². The molecule has 4 rings (SSSR count). The normalized spacial score (nSPS) is 12.1. The van der Waals surface area contributed by atoms with Gasteiger partial charge in [0.25, 0.3) is 0 Å². The second-order valence-corrected chi connectivity index (χ2v) is 10.9. The molecule has 1 heterocycles. The molecule has 4 aromatic rings. The molecule has 1 atom stereocenters. The second kappa shape index (κ2) is 17.3. The van der Waals surface area contributed by atoms with Crippen molar-refractivity contribution in [3.63, 3.8) is 0 Å². The van der Waals surface area contributed by atoms with Crippen molar-refractivity contribution in [2.24, 2.45) is 5.92 Å². The summed E-state index contributed by atoms with van der Waals surface area (Å²) in [6.07, 6.45) is 4.03. The van der Waals surface area contributed by atoms with E-state index in [0.717, 1.165) is 65.3 Å². The molecule has 216 valence electrons. The van der Waals surface area contributed by atoms with Gasteiger partial charge in [-0.15, -0.1) is 0 Å². The summed E-state index contributed by atoms with van der Waals surface area (Å²) in [6.45, 7) is 9.58. The first-order chi connectivity index (χ1) is 20.2. The number of aromatic nitrogens is 1. The Morgan fingerprint density at radius 2 is 1.15 bits per heavy atom. The van der Waals surface area contributed by atoms with Gasteiger partial charge < -0.3 is 9.47 Å². The summed E-state index contributed by atoms with van der Waals surface area (Å²) in [5.41, 5.74) is 5.22. The van der Waals surface area contributed by atoms with Crippen LogP contribution in [0.3, 0.4) is 0 Å². The average Bonchev–Trinajstić information content (AvgIpc) is 3.01. The molecule has 0 fully saturated rings. The number of ether oxygens (including phenoxy) is 2. The van der Waals surface area contributed by atoms with E-state index in [9.17, 15) is 0 Å². The fraction of sp³-hybridized carbons (Fsp3) is 0.361. The van der Waals surface area contributed by atoms with Gasteiger partial charge in [0.2, 0.25) is 5.88 Å². The van der Waals surface area contributed by atoms with Crippen molar-refractivity contribution in [3.05, 3.63) is 132 Å². The Kier molecular flexibility index (Phi) is 12.9. The third-order valence-corrected chi connectivity index (χ3v) is 7.26. The van der Waals surface area contributed by atoms with Crippen LogP contribution in [-0.2, 0) is 30.9 Å². The summed E-state index contributed by atoms with van der Waals surface area (Å²) >= 11 is 0. The van der Waals surface area contributed by atoms with Crippen molar-refractivity contribution in [3.8, 4) is 5.88 Å². The van der Waals surface area contributed by atoms with Gasteiger partial charge >= 0.3 is 0 Å². The Morgan fingerprint density at radius 3 is 1.63 bits per heavy atom. The Labute approximate surface area is 246 Å². The molecule has 5 heteroatoms. The molecular formula is C36H45N3O2. The second-order valence-electron chi connectivity index (χ2n) is 10.9. The number of nitrogens with zero attached hydrogens (tertiary/aromatic N) is 3. The smallest absolute Gasteiger partial charge is 0.212 e. The number of rotatable bonds is 18. The number of hydrogen-bond donors (Lipinski definition) is 0. The SMILES string of the molecule is COc1ccc(CN(CC[C@@H](C)COCCCN(Cc2ccccc2)Cc2ccccc2)Cc2ccccc2)cn1. The first-order valence-electron chi connectivity index (χ1n) is 14.8. The molecule has 0 saturated carbocycles. The van der Waals surface area contributed by atoms with Crippen LogP contribution in [0.2, 0.25) is 0 Å². The maximum atomic E-state index is 6.17. The van der Waals surface area contributed by atoms with Crippen molar-refractivity contribution in [1.29, 1.82) is 0 Å². The molecule has 0 bridgehead atoms. The molecule has 5 nitrogen and oxygen atoms in total. The van der Waals surface area contributed by atoms with Crippen LogP contribution in [0.4, 0.5) is 0 Å². The summed E-state index contributed by atoms with van der Waals surface area (Å²) in [4.78, 5) is 9.42. The Hall–Kier alpha value is -3.51. The predicted molar refractivity (Wildman–Crippen MR) is 168 cm³/mol. The van der Waals surface area contributed by atoms with Crippen LogP contribution in [0, 0.1) is 5.92 Å². The molecule has 0 aliphatic rings. The van der Waals surface area contributed by atoms with Gasteiger partial charge in [-0.05, 0) is 47.6 Å². The molecule has 0 saturated heterocycles. The molecule has 0 aliphatic heterocycles. The fourth-order valence-corrected chi connectivity index (χ4v) is 5.00. The van der Waals surface area contributed by atoms with E-state index >= 15 is 0 Å². The lowest BCUT2D eigenvalue weighted by atomic mass is 10.1. The minimum Gasteiger partial charge on any atom is -0.481 e. The zero-order valence-electron chi connectivity index (χ0n) is 24.7. The molecule has 41 heavy (non-hydrogen) atoms. The third kappa shape index (κ3) is 11.5. The zero-order valence-corrected chi connectivity index (χ0v) is 24.7. The molecule has 0 N–H and O–H groups in total. The molecule has 0 aliphatic carbocycles. The standard InChI is InChI=1S/C36H45N3O2/c1-31(21-23-39(28-34-17-10-5-11-18-34)29-35-19-20-36(40-2)37-25-35)30-41-24-12-22-38(26-32-13-6-3-7-14-32)27-33-15-8-4-9-16-33/h3-11,13-20,25,31H,12,21-24,26-30H2,1-2H3/t31-/m1/s1. The van der Waals surface area contributed by atoms with E-state index in [-0.39, 0.29) is 0 Å². The molecule has 3 aromatic carbocycles. The zero-order chi connectivity index (χ0) is 28.5. The summed E-state index contributed by atoms with van der Waals surface area (Å²) in [5.74, 6) is 1.14. The highest BCUT2D eigenvalue weighted by atomic mass is 16.5. The Bertz CT molecular complexity index is 1180. The summed E-state index contributed by atoms with van der Waals surface area (Å²) < 4.78 is 11.4. The fourth-order valence-electron chi connectivity index (χ4n) is 5.00. The van der Waals surface area contributed by atoms with Crippen molar-refractivity contribution in [2.45, 2.75) is 45.9 Å². The average molecular weight is 552 g/mol. The molecule has 1 aromatic heterocycles. The van der Waals surface area contributed by atoms with Gasteiger partial charge in [-0.1, -0.05) is 104 Å². The van der Waals surface area contributed by atoms with Crippen LogP contribution in [0.15, 0.2) is 109 Å². The van der Waals surface area contributed by atoms with E-state index in [1.807, 2.05) is 12.3 Å². The summed E-state index contributed by atoms with van der Waals surface area (Å²) in [6, 6.07) is 36.2. The molecule has 0 spiro atoms. The molecule has 0 radical (unpaired) electrons. The van der Waals surface area contributed by atoms with E-state index < -0.39 is 0 Å². The van der Waals surface area contributed by atoms with E-state index in [1.54, 1.807) is 7.11 Å². The number of methoxy groups -OCH3 is 1. The maximum absolute atomic E-state index is 6.17. The van der Waals surface area contributed by atoms with Gasteiger partial charge in [0, 0.05) is 58.2 Å². The number of pyridine rings is 1. The Morgan fingerprint density at radius 1 is 0.634 bits per heavy atom. The minimum absolute atomic E-state index is 0.493. The topological polar surface area (TPSA) is 37.8 Å². The van der Waals surface area contributed by atoms with E-state index in [4.69, 9.17) is 9.47 Å². The third-order valence-electron chi connectivity index (χ3n) is 7.26. The first kappa shape index (κ1) is 30.4. The largest absolute Gasteiger partial charge is 0.481 e. The highest BCUT2D eigenvalue weighted by molar-refractivity contribution is 5.19. The predicted octanol–water partition coefficient (Wildman–Crippen LogP) is 7.23. The van der Waals surface area contributed by atoms with Gasteiger partial charge in [0.1, 0.15) is 0 Å². The van der Waals surface area contributed by atoms with Crippen LogP contribution in [0.25, 0.3) is 0 Å². The van der Waals surface area contributed by atoms with E-state index in [0.29, 0.717) is 11.8 Å². The highest BCUT2D eigenvalue weighted by Crippen LogP contribution is 2.15. The molecule has 0 unspecified atom stereocenters. The first-order valence-corrected chi connectivity index (χ1v) is 14.8. The quantitative estimate of drug-likeness (QED) is 0.122. The number of hydrogen-bond acceptors (Lipinski definition) is 5. The minimum atomic E-state index is 0.493. The summed E-state index contributed by atoms with van der Waals surface area (Å²) in [7, 11) is 1.65. The van der Waals surface area contributed by atoms with Crippen molar-refractivity contribution in [2.75, 3.05) is 33.4 Å². The lowest BCUT2D eigenvalue weighted by Crippen LogP contribution is -2.26. The maximum Gasteiger partial charge on any atom is 0.212 e. The summed E-state index contributed by atoms with van der Waals surface area (Å²) in [5, 5.41) is 0.